The Balaban J connectivity index is 1.57. The molecule has 0 bridgehead atoms. The maximum absolute atomic E-state index is 12.3. The van der Waals surface area contributed by atoms with Crippen LogP contribution in [0, 0.1) is 0 Å². The molecule has 0 aliphatic rings. The zero-order valence-electron chi connectivity index (χ0n) is 14.0. The fourth-order valence-electron chi connectivity index (χ4n) is 2.35. The van der Waals surface area contributed by atoms with E-state index >= 15 is 0 Å². The molecule has 2 aromatic carbocycles. The Bertz CT molecular complexity index is 890. The van der Waals surface area contributed by atoms with Crippen molar-refractivity contribution < 1.29 is 14.3 Å². The van der Waals surface area contributed by atoms with E-state index in [-0.39, 0.29) is 5.91 Å². The molecular formula is C20H18N2O3S. The fourth-order valence-corrected chi connectivity index (χ4v) is 2.96. The largest absolute Gasteiger partial charge is 0.488 e. The van der Waals surface area contributed by atoms with Gasteiger partial charge in [0.1, 0.15) is 12.4 Å². The summed E-state index contributed by atoms with van der Waals surface area (Å²) in [6.45, 7) is 0.840. The normalized spacial score (nSPS) is 10.3. The van der Waals surface area contributed by atoms with E-state index in [1.54, 1.807) is 53.8 Å². The van der Waals surface area contributed by atoms with E-state index in [9.17, 15) is 9.59 Å². The molecule has 3 N–H and O–H groups in total. The van der Waals surface area contributed by atoms with Crippen LogP contribution in [0.1, 0.15) is 31.2 Å². The lowest BCUT2D eigenvalue weighted by Gasteiger charge is -2.08. The summed E-state index contributed by atoms with van der Waals surface area (Å²) in [5.41, 5.74) is 7.07. The molecule has 0 spiro atoms. The van der Waals surface area contributed by atoms with Crippen molar-refractivity contribution in [3.63, 3.8) is 0 Å². The lowest BCUT2D eigenvalue weighted by Crippen LogP contribution is -2.22. The van der Waals surface area contributed by atoms with Gasteiger partial charge in [-0.2, -0.15) is 0 Å². The minimum atomic E-state index is -0.472. The number of carbonyl (C=O) groups excluding carboxylic acids is 2. The van der Waals surface area contributed by atoms with Gasteiger partial charge in [0.15, 0.2) is 0 Å². The number of ether oxygens (including phenoxy) is 1. The molecule has 2 amide bonds. The van der Waals surface area contributed by atoms with Crippen molar-refractivity contribution in [3.05, 3.63) is 87.6 Å². The van der Waals surface area contributed by atoms with E-state index in [1.807, 2.05) is 23.6 Å². The van der Waals surface area contributed by atoms with Gasteiger partial charge in [0, 0.05) is 22.5 Å². The summed E-state index contributed by atoms with van der Waals surface area (Å²) in [4.78, 5) is 24.5. The molecule has 5 nitrogen and oxygen atoms in total. The van der Waals surface area contributed by atoms with E-state index in [2.05, 4.69) is 5.32 Å². The number of amides is 2. The summed E-state index contributed by atoms with van der Waals surface area (Å²) < 4.78 is 5.73. The zero-order chi connectivity index (χ0) is 18.4. The van der Waals surface area contributed by atoms with Crippen LogP contribution in [-0.2, 0) is 13.2 Å². The lowest BCUT2D eigenvalue weighted by molar-refractivity contribution is 0.0948. The van der Waals surface area contributed by atoms with Gasteiger partial charge in [-0.15, -0.1) is 11.3 Å². The molecule has 26 heavy (non-hydrogen) atoms. The second-order valence-corrected chi connectivity index (χ2v) is 6.67. The van der Waals surface area contributed by atoms with Gasteiger partial charge in [0.05, 0.1) is 0 Å². The summed E-state index contributed by atoms with van der Waals surface area (Å²) >= 11 is 1.63. The van der Waals surface area contributed by atoms with Gasteiger partial charge >= 0.3 is 0 Å². The van der Waals surface area contributed by atoms with Gasteiger partial charge in [-0.1, -0.05) is 24.3 Å². The Hall–Kier alpha value is -3.12. The van der Waals surface area contributed by atoms with Crippen molar-refractivity contribution in [1.29, 1.82) is 0 Å². The van der Waals surface area contributed by atoms with Crippen LogP contribution in [0.25, 0.3) is 0 Å². The molecule has 1 aromatic heterocycles. The molecule has 0 saturated heterocycles. The van der Waals surface area contributed by atoms with Gasteiger partial charge in [0.25, 0.3) is 5.91 Å². The molecule has 6 heteroatoms. The highest BCUT2D eigenvalue weighted by Gasteiger charge is 2.07. The average Bonchev–Trinajstić information content (AvgIpc) is 3.18. The second-order valence-electron chi connectivity index (χ2n) is 5.64. The third-order valence-electron chi connectivity index (χ3n) is 3.75. The molecule has 0 fully saturated rings. The van der Waals surface area contributed by atoms with E-state index in [1.165, 1.54) is 0 Å². The summed E-state index contributed by atoms with van der Waals surface area (Å²) in [5.74, 6) is -0.0117. The third kappa shape index (κ3) is 4.70. The highest BCUT2D eigenvalue weighted by molar-refractivity contribution is 7.09. The Morgan fingerprint density at radius 1 is 1.00 bits per heavy atom. The number of benzene rings is 2. The monoisotopic (exact) mass is 366 g/mol. The van der Waals surface area contributed by atoms with Gasteiger partial charge in [-0.25, -0.2) is 0 Å². The Labute approximate surface area is 155 Å². The Kier molecular flexibility index (Phi) is 5.66. The van der Waals surface area contributed by atoms with Crippen molar-refractivity contribution >= 4 is 23.2 Å². The number of hydrogen-bond acceptors (Lipinski definition) is 4. The molecule has 1 heterocycles. The molecule has 0 aliphatic carbocycles. The molecular weight excluding hydrogens is 348 g/mol. The molecule has 3 aromatic rings. The smallest absolute Gasteiger partial charge is 0.251 e. The Morgan fingerprint density at radius 2 is 1.81 bits per heavy atom. The first-order valence-electron chi connectivity index (χ1n) is 8.04. The van der Waals surface area contributed by atoms with Crippen LogP contribution < -0.4 is 15.8 Å². The van der Waals surface area contributed by atoms with Gasteiger partial charge < -0.3 is 15.8 Å². The zero-order valence-corrected chi connectivity index (χ0v) is 14.8. The summed E-state index contributed by atoms with van der Waals surface area (Å²) in [5, 5.41) is 4.85. The third-order valence-corrected chi connectivity index (χ3v) is 4.60. The van der Waals surface area contributed by atoms with Crippen LogP contribution in [0.2, 0.25) is 0 Å². The number of carbonyl (C=O) groups is 2. The van der Waals surface area contributed by atoms with Crippen molar-refractivity contribution in [3.8, 4) is 5.75 Å². The lowest BCUT2D eigenvalue weighted by atomic mass is 10.1. The molecule has 0 saturated carbocycles. The summed E-state index contributed by atoms with van der Waals surface area (Å²) in [6.07, 6.45) is 0. The predicted octanol–water partition coefficient (Wildman–Crippen LogP) is 3.36. The maximum atomic E-state index is 12.3. The van der Waals surface area contributed by atoms with Crippen LogP contribution in [-0.4, -0.2) is 11.8 Å². The quantitative estimate of drug-likeness (QED) is 0.673. The molecule has 0 aliphatic heterocycles. The number of nitrogens with one attached hydrogen (secondary N) is 1. The highest BCUT2D eigenvalue weighted by Crippen LogP contribution is 2.17. The molecule has 0 unspecified atom stereocenters. The van der Waals surface area contributed by atoms with E-state index in [0.717, 1.165) is 10.4 Å². The average molecular weight is 366 g/mol. The Morgan fingerprint density at radius 3 is 2.50 bits per heavy atom. The van der Waals surface area contributed by atoms with Gasteiger partial charge in [0.2, 0.25) is 5.91 Å². The first-order valence-corrected chi connectivity index (χ1v) is 8.92. The first-order chi connectivity index (χ1) is 12.6. The topological polar surface area (TPSA) is 81.4 Å². The van der Waals surface area contributed by atoms with Crippen molar-refractivity contribution in [2.75, 3.05) is 0 Å². The van der Waals surface area contributed by atoms with Crippen molar-refractivity contribution in [1.82, 2.24) is 5.32 Å². The van der Waals surface area contributed by atoms with E-state index in [0.29, 0.717) is 30.0 Å². The molecule has 0 radical (unpaired) electrons. The molecule has 3 rings (SSSR count). The summed E-state index contributed by atoms with van der Waals surface area (Å²) in [7, 11) is 0. The molecule has 132 valence electrons. The predicted molar refractivity (Wildman–Crippen MR) is 101 cm³/mol. The van der Waals surface area contributed by atoms with E-state index in [4.69, 9.17) is 10.5 Å². The molecule has 0 atom stereocenters. The maximum Gasteiger partial charge on any atom is 0.251 e. The van der Waals surface area contributed by atoms with Gasteiger partial charge in [-0.05, 0) is 47.3 Å². The van der Waals surface area contributed by atoms with Crippen LogP contribution >= 0.6 is 11.3 Å². The minimum absolute atomic E-state index is 0.189. The second kappa shape index (κ2) is 8.31. The van der Waals surface area contributed by atoms with Crippen molar-refractivity contribution in [2.45, 2.75) is 13.2 Å². The fraction of sp³-hybridized carbons (Fsp3) is 0.100. The first kappa shape index (κ1) is 17.7. The number of nitrogens with two attached hydrogens (primary N) is 1. The van der Waals surface area contributed by atoms with Crippen molar-refractivity contribution in [2.24, 2.45) is 5.73 Å². The number of rotatable bonds is 7. The number of hydrogen-bond donors (Lipinski definition) is 2. The number of primary amides is 1. The van der Waals surface area contributed by atoms with Crippen LogP contribution in [0.4, 0.5) is 0 Å². The SMILES string of the molecule is NC(=O)c1ccc(CNC(=O)c2cccc(OCc3cccs3)c2)cc1. The van der Waals surface area contributed by atoms with Gasteiger partial charge in [-0.3, -0.25) is 9.59 Å². The summed E-state index contributed by atoms with van der Waals surface area (Å²) in [6, 6.07) is 17.9. The minimum Gasteiger partial charge on any atom is -0.488 e. The van der Waals surface area contributed by atoms with E-state index < -0.39 is 5.91 Å². The van der Waals surface area contributed by atoms with Crippen LogP contribution in [0.15, 0.2) is 66.0 Å². The van der Waals surface area contributed by atoms with Crippen LogP contribution in [0.3, 0.4) is 0 Å². The highest BCUT2D eigenvalue weighted by atomic mass is 32.1. The van der Waals surface area contributed by atoms with Crippen LogP contribution in [0.5, 0.6) is 5.75 Å². The standard InChI is InChI=1S/C20H18N2O3S/c21-19(23)15-8-6-14(7-9-15)12-22-20(24)16-3-1-4-17(11-16)25-13-18-5-2-10-26-18/h1-11H,12-13H2,(H2,21,23)(H,22,24). The number of thiophene rings is 1.